The fourth-order valence-corrected chi connectivity index (χ4v) is 3.33. The minimum absolute atomic E-state index is 0.310. The summed E-state index contributed by atoms with van der Waals surface area (Å²) in [6.07, 6.45) is 8.92. The Balaban J connectivity index is 1.51. The SMILES string of the molecule is COc1ccc(/C=C/C(=O)OCC(=O)Nc2ccnn2C2CCCC2)c(OC)c1. The second kappa shape index (κ2) is 9.77. The highest BCUT2D eigenvalue weighted by Crippen LogP contribution is 2.31. The van der Waals surface area contributed by atoms with Crippen molar-refractivity contribution in [3.63, 3.8) is 0 Å². The number of hydrogen-bond donors (Lipinski definition) is 1. The summed E-state index contributed by atoms with van der Waals surface area (Å²) >= 11 is 0. The van der Waals surface area contributed by atoms with Crippen molar-refractivity contribution >= 4 is 23.8 Å². The van der Waals surface area contributed by atoms with E-state index < -0.39 is 11.9 Å². The molecule has 0 spiro atoms. The van der Waals surface area contributed by atoms with Gasteiger partial charge in [0.2, 0.25) is 0 Å². The molecule has 1 amide bonds. The standard InChI is InChI=1S/C21H25N3O5/c1-27-17-9-7-15(18(13-17)28-2)8-10-21(26)29-14-20(25)23-19-11-12-22-24(19)16-5-3-4-6-16/h7-13,16H,3-6,14H2,1-2H3,(H,23,25)/b10-8+. The lowest BCUT2D eigenvalue weighted by Crippen LogP contribution is -2.22. The Morgan fingerprint density at radius 3 is 2.72 bits per heavy atom. The summed E-state index contributed by atoms with van der Waals surface area (Å²) in [5, 5.41) is 7.05. The van der Waals surface area contributed by atoms with Crippen molar-refractivity contribution in [1.29, 1.82) is 0 Å². The Bertz CT molecular complexity index is 884. The zero-order chi connectivity index (χ0) is 20.6. The maximum Gasteiger partial charge on any atom is 0.331 e. The Kier molecular flexibility index (Phi) is 6.89. The first-order valence-electron chi connectivity index (χ1n) is 9.51. The van der Waals surface area contributed by atoms with Crippen LogP contribution in [-0.2, 0) is 14.3 Å². The predicted molar refractivity (Wildman–Crippen MR) is 108 cm³/mol. The van der Waals surface area contributed by atoms with Crippen LogP contribution in [0.5, 0.6) is 11.5 Å². The van der Waals surface area contributed by atoms with Crippen molar-refractivity contribution in [1.82, 2.24) is 9.78 Å². The molecular formula is C21H25N3O5. The molecule has 1 saturated carbocycles. The molecule has 8 heteroatoms. The van der Waals surface area contributed by atoms with E-state index in [-0.39, 0.29) is 6.61 Å². The number of carbonyl (C=O) groups excluding carboxylic acids is 2. The zero-order valence-electron chi connectivity index (χ0n) is 16.6. The highest BCUT2D eigenvalue weighted by atomic mass is 16.5. The van der Waals surface area contributed by atoms with E-state index in [0.29, 0.717) is 28.9 Å². The van der Waals surface area contributed by atoms with Gasteiger partial charge in [-0.15, -0.1) is 0 Å². The lowest BCUT2D eigenvalue weighted by atomic mass is 10.2. The molecule has 1 aliphatic rings. The normalized spacial score (nSPS) is 14.1. The van der Waals surface area contributed by atoms with Crippen LogP contribution < -0.4 is 14.8 Å². The third kappa shape index (κ3) is 5.37. The number of ether oxygens (including phenoxy) is 3. The molecule has 0 saturated heterocycles. The fourth-order valence-electron chi connectivity index (χ4n) is 3.33. The number of aromatic nitrogens is 2. The number of nitrogens with zero attached hydrogens (tertiary/aromatic N) is 2. The van der Waals surface area contributed by atoms with E-state index >= 15 is 0 Å². The van der Waals surface area contributed by atoms with Crippen molar-refractivity contribution in [3.8, 4) is 11.5 Å². The number of amides is 1. The molecule has 1 fully saturated rings. The van der Waals surface area contributed by atoms with Crippen LogP contribution in [0.4, 0.5) is 5.82 Å². The van der Waals surface area contributed by atoms with Crippen molar-refractivity contribution < 1.29 is 23.8 Å². The highest BCUT2D eigenvalue weighted by molar-refractivity contribution is 5.94. The second-order valence-corrected chi connectivity index (χ2v) is 6.70. The molecule has 1 aromatic carbocycles. The summed E-state index contributed by atoms with van der Waals surface area (Å²) in [5.74, 6) is 0.800. The lowest BCUT2D eigenvalue weighted by Gasteiger charge is -2.14. The van der Waals surface area contributed by atoms with Gasteiger partial charge in [0.25, 0.3) is 5.91 Å². The predicted octanol–water partition coefficient (Wildman–Crippen LogP) is 3.21. The Morgan fingerprint density at radius 2 is 2.00 bits per heavy atom. The van der Waals surface area contributed by atoms with E-state index in [1.807, 2.05) is 4.68 Å². The average Bonchev–Trinajstić information content (AvgIpc) is 3.42. The molecule has 29 heavy (non-hydrogen) atoms. The van der Waals surface area contributed by atoms with Gasteiger partial charge >= 0.3 is 5.97 Å². The number of esters is 1. The van der Waals surface area contributed by atoms with Crippen molar-refractivity contribution in [3.05, 3.63) is 42.1 Å². The van der Waals surface area contributed by atoms with Crippen molar-refractivity contribution in [2.45, 2.75) is 31.7 Å². The topological polar surface area (TPSA) is 91.7 Å². The van der Waals surface area contributed by atoms with Gasteiger partial charge in [0, 0.05) is 23.8 Å². The number of anilines is 1. The van der Waals surface area contributed by atoms with E-state index in [2.05, 4.69) is 10.4 Å². The van der Waals surface area contributed by atoms with Crippen molar-refractivity contribution in [2.75, 3.05) is 26.1 Å². The van der Waals surface area contributed by atoms with Crippen LogP contribution in [0, 0.1) is 0 Å². The minimum atomic E-state index is -0.623. The third-order valence-electron chi connectivity index (χ3n) is 4.79. The molecular weight excluding hydrogens is 374 g/mol. The molecule has 1 N–H and O–H groups in total. The van der Waals surface area contributed by atoms with E-state index in [0.717, 1.165) is 12.8 Å². The molecule has 154 valence electrons. The monoisotopic (exact) mass is 399 g/mol. The van der Waals surface area contributed by atoms with E-state index in [1.165, 1.54) is 26.0 Å². The molecule has 1 aliphatic carbocycles. The average molecular weight is 399 g/mol. The molecule has 0 atom stereocenters. The number of nitrogens with one attached hydrogen (secondary N) is 1. The summed E-state index contributed by atoms with van der Waals surface area (Å²) in [6.45, 7) is -0.376. The molecule has 3 rings (SSSR count). The maximum atomic E-state index is 12.1. The number of methoxy groups -OCH3 is 2. The lowest BCUT2D eigenvalue weighted by molar-refractivity contribution is -0.142. The first-order chi connectivity index (χ1) is 14.1. The largest absolute Gasteiger partial charge is 0.497 e. The molecule has 2 aromatic rings. The quantitative estimate of drug-likeness (QED) is 0.541. The van der Waals surface area contributed by atoms with Gasteiger partial charge in [0.05, 0.1) is 26.5 Å². The Morgan fingerprint density at radius 1 is 1.21 bits per heavy atom. The van der Waals surface area contributed by atoms with Crippen LogP contribution in [0.25, 0.3) is 6.08 Å². The van der Waals surface area contributed by atoms with Gasteiger partial charge in [-0.05, 0) is 31.1 Å². The van der Waals surface area contributed by atoms with Crippen LogP contribution in [0.3, 0.4) is 0 Å². The van der Waals surface area contributed by atoms with Crippen LogP contribution in [0.1, 0.15) is 37.3 Å². The van der Waals surface area contributed by atoms with Crippen LogP contribution >= 0.6 is 0 Å². The molecule has 0 bridgehead atoms. The van der Waals surface area contributed by atoms with Gasteiger partial charge in [-0.25, -0.2) is 9.48 Å². The van der Waals surface area contributed by atoms with Gasteiger partial charge < -0.3 is 19.5 Å². The van der Waals surface area contributed by atoms with Gasteiger partial charge in [-0.3, -0.25) is 4.79 Å². The van der Waals surface area contributed by atoms with Gasteiger partial charge in [-0.1, -0.05) is 12.8 Å². The smallest absolute Gasteiger partial charge is 0.331 e. The second-order valence-electron chi connectivity index (χ2n) is 6.70. The number of hydrogen-bond acceptors (Lipinski definition) is 6. The maximum absolute atomic E-state index is 12.1. The van der Waals surface area contributed by atoms with Gasteiger partial charge in [-0.2, -0.15) is 5.10 Å². The zero-order valence-corrected chi connectivity index (χ0v) is 16.6. The molecule has 0 unspecified atom stereocenters. The molecule has 0 aliphatic heterocycles. The molecule has 1 aromatic heterocycles. The first-order valence-corrected chi connectivity index (χ1v) is 9.51. The third-order valence-corrected chi connectivity index (χ3v) is 4.79. The minimum Gasteiger partial charge on any atom is -0.497 e. The fraction of sp³-hybridized carbons (Fsp3) is 0.381. The molecule has 0 radical (unpaired) electrons. The summed E-state index contributed by atoms with van der Waals surface area (Å²) < 4.78 is 17.3. The van der Waals surface area contributed by atoms with Crippen LogP contribution in [-0.4, -0.2) is 42.5 Å². The van der Waals surface area contributed by atoms with E-state index in [1.54, 1.807) is 43.6 Å². The number of rotatable bonds is 8. The van der Waals surface area contributed by atoms with E-state index in [9.17, 15) is 9.59 Å². The summed E-state index contributed by atoms with van der Waals surface area (Å²) in [6, 6.07) is 7.29. The number of benzene rings is 1. The highest BCUT2D eigenvalue weighted by Gasteiger charge is 2.20. The summed E-state index contributed by atoms with van der Waals surface area (Å²) in [4.78, 5) is 24.1. The Labute approximate surface area is 169 Å². The molecule has 8 nitrogen and oxygen atoms in total. The van der Waals surface area contributed by atoms with Gasteiger partial charge in [0.15, 0.2) is 6.61 Å². The van der Waals surface area contributed by atoms with Crippen molar-refractivity contribution in [2.24, 2.45) is 0 Å². The Hall–Kier alpha value is -3.29. The molecule has 1 heterocycles. The van der Waals surface area contributed by atoms with Crippen LogP contribution in [0.15, 0.2) is 36.5 Å². The number of carbonyl (C=O) groups is 2. The van der Waals surface area contributed by atoms with Gasteiger partial charge in [0.1, 0.15) is 17.3 Å². The first kappa shape index (κ1) is 20.4. The summed E-state index contributed by atoms with van der Waals surface area (Å²) in [7, 11) is 3.10. The summed E-state index contributed by atoms with van der Waals surface area (Å²) in [5.41, 5.74) is 0.690. The van der Waals surface area contributed by atoms with Crippen LogP contribution in [0.2, 0.25) is 0 Å². The van der Waals surface area contributed by atoms with E-state index in [4.69, 9.17) is 14.2 Å².